The lowest BCUT2D eigenvalue weighted by Crippen LogP contribution is -2.32. The van der Waals surface area contributed by atoms with Crippen LogP contribution in [0.3, 0.4) is 0 Å². The van der Waals surface area contributed by atoms with E-state index < -0.39 is 0 Å². The van der Waals surface area contributed by atoms with E-state index in [1.165, 1.54) is 12.8 Å². The van der Waals surface area contributed by atoms with Gasteiger partial charge in [-0.1, -0.05) is 20.8 Å². The maximum Gasteiger partial charge on any atom is 0.0640 e. The van der Waals surface area contributed by atoms with Crippen molar-refractivity contribution in [3.8, 4) is 0 Å². The van der Waals surface area contributed by atoms with Crippen molar-refractivity contribution in [1.29, 1.82) is 0 Å². The Morgan fingerprint density at radius 2 is 2.06 bits per heavy atom. The smallest absolute Gasteiger partial charge is 0.0640 e. The second-order valence-electron chi connectivity index (χ2n) is 5.82. The lowest BCUT2D eigenvalue weighted by molar-refractivity contribution is 0.393. The molecular weight excluding hydrogens is 222 g/mol. The van der Waals surface area contributed by atoms with E-state index in [0.717, 1.165) is 30.9 Å². The molecule has 2 N–H and O–H groups in total. The Hall–Kier alpha value is -0.830. The third kappa shape index (κ3) is 3.14. The van der Waals surface area contributed by atoms with Crippen molar-refractivity contribution in [3.05, 3.63) is 18.0 Å². The molecule has 1 saturated carbocycles. The SMILES string of the molecule is CCC(CC)n1ccc(CC(N)C(C)C2CC2)n1. The predicted molar refractivity (Wildman–Crippen MR) is 75.4 cm³/mol. The minimum atomic E-state index is 0.266. The largest absolute Gasteiger partial charge is 0.327 e. The minimum Gasteiger partial charge on any atom is -0.327 e. The topological polar surface area (TPSA) is 43.8 Å². The van der Waals surface area contributed by atoms with Crippen LogP contribution >= 0.6 is 0 Å². The molecule has 18 heavy (non-hydrogen) atoms. The summed E-state index contributed by atoms with van der Waals surface area (Å²) in [5, 5.41) is 4.69. The van der Waals surface area contributed by atoms with Crippen LogP contribution in [0.1, 0.15) is 58.2 Å². The normalized spacial score (nSPS) is 19.2. The Bertz CT molecular complexity index is 364. The van der Waals surface area contributed by atoms with Crippen LogP contribution in [0.4, 0.5) is 0 Å². The summed E-state index contributed by atoms with van der Waals surface area (Å²) in [5.74, 6) is 1.52. The summed E-state index contributed by atoms with van der Waals surface area (Å²) in [5.41, 5.74) is 7.45. The lowest BCUT2D eigenvalue weighted by Gasteiger charge is -2.18. The molecule has 1 aliphatic rings. The van der Waals surface area contributed by atoms with Gasteiger partial charge in [0.2, 0.25) is 0 Å². The van der Waals surface area contributed by atoms with Crippen molar-refractivity contribution >= 4 is 0 Å². The zero-order valence-corrected chi connectivity index (χ0v) is 12.0. The van der Waals surface area contributed by atoms with E-state index in [0.29, 0.717) is 12.0 Å². The number of rotatable bonds is 7. The van der Waals surface area contributed by atoms with Crippen LogP contribution in [0.15, 0.2) is 12.3 Å². The highest BCUT2D eigenvalue weighted by molar-refractivity contribution is 5.03. The van der Waals surface area contributed by atoms with Gasteiger partial charge >= 0.3 is 0 Å². The number of hydrogen-bond donors (Lipinski definition) is 1. The summed E-state index contributed by atoms with van der Waals surface area (Å²) in [7, 11) is 0. The average molecular weight is 249 g/mol. The summed E-state index contributed by atoms with van der Waals surface area (Å²) in [6.45, 7) is 6.73. The minimum absolute atomic E-state index is 0.266. The quantitative estimate of drug-likeness (QED) is 0.806. The van der Waals surface area contributed by atoms with Gasteiger partial charge in [-0.2, -0.15) is 5.10 Å². The molecule has 1 aliphatic carbocycles. The maximum absolute atomic E-state index is 6.29. The zero-order chi connectivity index (χ0) is 13.1. The molecule has 2 atom stereocenters. The molecule has 2 rings (SSSR count). The predicted octanol–water partition coefficient (Wildman–Crippen LogP) is 3.16. The molecule has 102 valence electrons. The van der Waals surface area contributed by atoms with Gasteiger partial charge in [0.05, 0.1) is 11.7 Å². The van der Waals surface area contributed by atoms with Crippen LogP contribution in [0.5, 0.6) is 0 Å². The van der Waals surface area contributed by atoms with Crippen LogP contribution in [-0.4, -0.2) is 15.8 Å². The highest BCUT2D eigenvalue weighted by atomic mass is 15.3. The molecular formula is C15H27N3. The van der Waals surface area contributed by atoms with Gasteiger partial charge in [0.15, 0.2) is 0 Å². The molecule has 3 nitrogen and oxygen atoms in total. The monoisotopic (exact) mass is 249 g/mol. The van der Waals surface area contributed by atoms with E-state index in [-0.39, 0.29) is 6.04 Å². The van der Waals surface area contributed by atoms with Crippen LogP contribution in [0, 0.1) is 11.8 Å². The van der Waals surface area contributed by atoms with E-state index in [4.69, 9.17) is 10.8 Å². The summed E-state index contributed by atoms with van der Waals surface area (Å²) >= 11 is 0. The molecule has 1 aromatic heterocycles. The van der Waals surface area contributed by atoms with Gasteiger partial charge < -0.3 is 5.73 Å². The first-order valence-electron chi connectivity index (χ1n) is 7.45. The fourth-order valence-electron chi connectivity index (χ4n) is 2.75. The van der Waals surface area contributed by atoms with E-state index in [1.807, 2.05) is 0 Å². The summed E-state index contributed by atoms with van der Waals surface area (Å²) in [4.78, 5) is 0. The van der Waals surface area contributed by atoms with Gasteiger partial charge in [0.25, 0.3) is 0 Å². The molecule has 2 unspecified atom stereocenters. The Morgan fingerprint density at radius 1 is 1.39 bits per heavy atom. The van der Waals surface area contributed by atoms with Gasteiger partial charge in [-0.05, 0) is 43.6 Å². The van der Waals surface area contributed by atoms with E-state index >= 15 is 0 Å². The van der Waals surface area contributed by atoms with E-state index in [2.05, 4.69) is 37.7 Å². The number of nitrogens with two attached hydrogens (primary N) is 1. The van der Waals surface area contributed by atoms with Gasteiger partial charge in [-0.15, -0.1) is 0 Å². The van der Waals surface area contributed by atoms with Crippen molar-refractivity contribution in [2.75, 3.05) is 0 Å². The molecule has 3 heteroatoms. The van der Waals surface area contributed by atoms with Crippen LogP contribution in [-0.2, 0) is 6.42 Å². The van der Waals surface area contributed by atoms with Gasteiger partial charge in [-0.3, -0.25) is 4.68 Å². The second-order valence-corrected chi connectivity index (χ2v) is 5.82. The maximum atomic E-state index is 6.29. The van der Waals surface area contributed by atoms with Crippen molar-refractivity contribution < 1.29 is 0 Å². The van der Waals surface area contributed by atoms with Crippen LogP contribution in [0.25, 0.3) is 0 Å². The van der Waals surface area contributed by atoms with Gasteiger partial charge in [-0.25, -0.2) is 0 Å². The fraction of sp³-hybridized carbons (Fsp3) is 0.800. The molecule has 0 aliphatic heterocycles. The Morgan fingerprint density at radius 3 is 2.61 bits per heavy atom. The molecule has 1 heterocycles. The van der Waals surface area contributed by atoms with Crippen LogP contribution in [0.2, 0.25) is 0 Å². The van der Waals surface area contributed by atoms with E-state index in [9.17, 15) is 0 Å². The molecule has 0 bridgehead atoms. The fourth-order valence-corrected chi connectivity index (χ4v) is 2.75. The van der Waals surface area contributed by atoms with E-state index in [1.54, 1.807) is 0 Å². The first-order valence-corrected chi connectivity index (χ1v) is 7.45. The molecule has 0 saturated heterocycles. The summed E-state index contributed by atoms with van der Waals surface area (Å²) in [6, 6.07) is 2.94. The van der Waals surface area contributed by atoms with Gasteiger partial charge in [0, 0.05) is 18.7 Å². The Kier molecular flexibility index (Phi) is 4.44. The molecule has 1 aromatic rings. The highest BCUT2D eigenvalue weighted by Gasteiger charge is 2.31. The van der Waals surface area contributed by atoms with Crippen molar-refractivity contribution in [3.63, 3.8) is 0 Å². The Labute approximate surface area is 111 Å². The van der Waals surface area contributed by atoms with Crippen LogP contribution < -0.4 is 5.73 Å². The summed E-state index contributed by atoms with van der Waals surface area (Å²) < 4.78 is 2.11. The van der Waals surface area contributed by atoms with Crippen molar-refractivity contribution in [2.45, 2.75) is 65.0 Å². The third-order valence-electron chi connectivity index (χ3n) is 4.47. The average Bonchev–Trinajstić information content (AvgIpc) is 3.12. The molecule has 0 spiro atoms. The molecule has 0 aromatic carbocycles. The molecule has 1 fully saturated rings. The highest BCUT2D eigenvalue weighted by Crippen LogP contribution is 2.38. The number of nitrogens with zero attached hydrogens (tertiary/aromatic N) is 2. The standard InChI is InChI=1S/C15H27N3/c1-4-14(5-2)18-9-8-13(17-18)10-15(16)11(3)12-6-7-12/h8-9,11-12,14-15H,4-7,10,16H2,1-3H3. The first kappa shape index (κ1) is 13.6. The number of hydrogen-bond acceptors (Lipinski definition) is 2. The zero-order valence-electron chi connectivity index (χ0n) is 12.0. The molecule has 0 amide bonds. The number of aromatic nitrogens is 2. The van der Waals surface area contributed by atoms with Crippen molar-refractivity contribution in [2.24, 2.45) is 17.6 Å². The second kappa shape index (κ2) is 5.87. The molecule has 0 radical (unpaired) electrons. The van der Waals surface area contributed by atoms with Gasteiger partial charge in [0.1, 0.15) is 0 Å². The Balaban J connectivity index is 1.93. The summed E-state index contributed by atoms with van der Waals surface area (Å²) in [6.07, 6.45) is 8.06. The third-order valence-corrected chi connectivity index (χ3v) is 4.47. The lowest BCUT2D eigenvalue weighted by atomic mass is 9.94. The van der Waals surface area contributed by atoms with Crippen molar-refractivity contribution in [1.82, 2.24) is 9.78 Å². The first-order chi connectivity index (χ1) is 8.65.